The Morgan fingerprint density at radius 1 is 1.12 bits per heavy atom. The van der Waals surface area contributed by atoms with E-state index in [1.165, 1.54) is 0 Å². The molecule has 2 nitrogen and oxygen atoms in total. The maximum Gasteiger partial charge on any atom is 0.0404 e. The SMILES string of the molecule is C/C=C\N(C)c1ccc(N)cc1.CC.CC=S. The van der Waals surface area contributed by atoms with Crippen LogP contribution in [0.5, 0.6) is 0 Å². The van der Waals surface area contributed by atoms with Gasteiger partial charge in [-0.15, -0.1) is 0 Å². The van der Waals surface area contributed by atoms with Gasteiger partial charge in [-0.1, -0.05) is 32.1 Å². The molecule has 3 heteroatoms. The van der Waals surface area contributed by atoms with E-state index in [0.717, 1.165) is 11.4 Å². The van der Waals surface area contributed by atoms with Crippen LogP contribution < -0.4 is 10.6 Å². The van der Waals surface area contributed by atoms with Gasteiger partial charge in [0.05, 0.1) is 0 Å². The van der Waals surface area contributed by atoms with Gasteiger partial charge in [-0.05, 0) is 49.7 Å². The number of hydrogen-bond acceptors (Lipinski definition) is 3. The number of nitrogen functional groups attached to an aromatic ring is 1. The lowest BCUT2D eigenvalue weighted by Crippen LogP contribution is -2.07. The zero-order valence-electron chi connectivity index (χ0n) is 11.5. The highest BCUT2D eigenvalue weighted by Crippen LogP contribution is 2.14. The minimum Gasteiger partial charge on any atom is -0.399 e. The Hall–Kier alpha value is -1.35. The van der Waals surface area contributed by atoms with Crippen molar-refractivity contribution >= 4 is 29.0 Å². The van der Waals surface area contributed by atoms with E-state index in [1.807, 2.05) is 76.2 Å². The van der Waals surface area contributed by atoms with Crippen molar-refractivity contribution in [3.8, 4) is 0 Å². The van der Waals surface area contributed by atoms with Crippen molar-refractivity contribution < 1.29 is 0 Å². The second-order valence-electron chi connectivity index (χ2n) is 2.92. The second-order valence-corrected chi connectivity index (χ2v) is 3.39. The summed E-state index contributed by atoms with van der Waals surface area (Å²) < 4.78 is 0. The summed E-state index contributed by atoms with van der Waals surface area (Å²) in [6.07, 6.45) is 4.00. The normalized spacial score (nSPS) is 8.53. The van der Waals surface area contributed by atoms with E-state index in [0.29, 0.717) is 0 Å². The topological polar surface area (TPSA) is 29.3 Å². The van der Waals surface area contributed by atoms with E-state index in [1.54, 1.807) is 5.37 Å². The molecule has 0 fully saturated rings. The molecule has 0 saturated carbocycles. The lowest BCUT2D eigenvalue weighted by atomic mass is 10.3. The summed E-state index contributed by atoms with van der Waals surface area (Å²) in [5.74, 6) is 0. The highest BCUT2D eigenvalue weighted by molar-refractivity contribution is 7.78. The largest absolute Gasteiger partial charge is 0.399 e. The molecule has 2 N–H and O–H groups in total. The quantitative estimate of drug-likeness (QED) is 0.629. The van der Waals surface area contributed by atoms with Crippen LogP contribution in [0.25, 0.3) is 0 Å². The average Bonchev–Trinajstić information content (AvgIpc) is 2.34. The maximum atomic E-state index is 5.56. The van der Waals surface area contributed by atoms with Crippen LogP contribution in [0.4, 0.5) is 11.4 Å². The predicted octanol–water partition coefficient (Wildman–Crippen LogP) is 4.27. The highest BCUT2D eigenvalue weighted by Gasteiger charge is 1.93. The van der Waals surface area contributed by atoms with E-state index in [-0.39, 0.29) is 0 Å². The van der Waals surface area contributed by atoms with Crippen LogP contribution in [0.3, 0.4) is 0 Å². The molecule has 0 heterocycles. The summed E-state index contributed by atoms with van der Waals surface area (Å²) in [5, 5.41) is 1.58. The molecule has 0 unspecified atom stereocenters. The Morgan fingerprint density at radius 3 is 1.88 bits per heavy atom. The molecule has 0 aliphatic carbocycles. The Balaban J connectivity index is 0. The third-order valence-electron chi connectivity index (χ3n) is 1.67. The first kappa shape index (κ1) is 18.0. The van der Waals surface area contributed by atoms with Gasteiger partial charge in [-0.2, -0.15) is 0 Å². The summed E-state index contributed by atoms with van der Waals surface area (Å²) in [4.78, 5) is 2.04. The number of nitrogens with two attached hydrogens (primary N) is 1. The van der Waals surface area contributed by atoms with Crippen molar-refractivity contribution in [1.82, 2.24) is 0 Å². The van der Waals surface area contributed by atoms with Crippen molar-refractivity contribution in [3.05, 3.63) is 36.5 Å². The Morgan fingerprint density at radius 2 is 1.53 bits per heavy atom. The van der Waals surface area contributed by atoms with Gasteiger partial charge in [0.15, 0.2) is 0 Å². The third-order valence-corrected chi connectivity index (χ3v) is 1.67. The van der Waals surface area contributed by atoms with E-state index in [2.05, 4.69) is 12.2 Å². The number of rotatable bonds is 2. The summed E-state index contributed by atoms with van der Waals surface area (Å²) in [6.45, 7) is 7.81. The van der Waals surface area contributed by atoms with E-state index in [4.69, 9.17) is 5.73 Å². The van der Waals surface area contributed by atoms with Crippen LogP contribution in [-0.4, -0.2) is 12.4 Å². The molecule has 0 bridgehead atoms. The number of nitrogens with zero attached hydrogens (tertiary/aromatic N) is 1. The van der Waals surface area contributed by atoms with Crippen LogP contribution in [-0.2, 0) is 0 Å². The minimum absolute atomic E-state index is 0.799. The first-order valence-electron chi connectivity index (χ1n) is 5.76. The van der Waals surface area contributed by atoms with Crippen molar-refractivity contribution in [3.63, 3.8) is 0 Å². The monoisotopic (exact) mass is 252 g/mol. The molecule has 0 aliphatic rings. The Bertz CT molecular complexity index is 305. The number of hydrogen-bond donors (Lipinski definition) is 1. The van der Waals surface area contributed by atoms with Gasteiger partial charge in [-0.25, -0.2) is 0 Å². The van der Waals surface area contributed by atoms with Gasteiger partial charge in [0, 0.05) is 18.4 Å². The van der Waals surface area contributed by atoms with Gasteiger partial charge in [0.1, 0.15) is 0 Å². The molecule has 0 aromatic heterocycles. The number of allylic oxidation sites excluding steroid dienone is 1. The standard InChI is InChI=1S/C10H14N2.C2H4S.C2H6/c1-3-8-12(2)10-6-4-9(11)5-7-10;1-2-3;1-2/h3-8H,11H2,1-2H3;2H,1H3;1-2H3/b8-3-;;. The van der Waals surface area contributed by atoms with Gasteiger partial charge in [0.25, 0.3) is 0 Å². The molecular formula is C14H24N2S. The molecule has 0 spiro atoms. The number of benzene rings is 1. The zero-order valence-corrected chi connectivity index (χ0v) is 12.3. The summed E-state index contributed by atoms with van der Waals surface area (Å²) in [7, 11) is 2.01. The van der Waals surface area contributed by atoms with Crippen LogP contribution in [0, 0.1) is 0 Å². The third kappa shape index (κ3) is 9.57. The predicted molar refractivity (Wildman–Crippen MR) is 84.7 cm³/mol. The lowest BCUT2D eigenvalue weighted by Gasteiger charge is -2.13. The molecule has 0 saturated heterocycles. The molecular weight excluding hydrogens is 228 g/mol. The van der Waals surface area contributed by atoms with E-state index in [9.17, 15) is 0 Å². The van der Waals surface area contributed by atoms with Gasteiger partial charge < -0.3 is 10.6 Å². The van der Waals surface area contributed by atoms with Crippen LogP contribution in [0.2, 0.25) is 0 Å². The van der Waals surface area contributed by atoms with Crippen molar-refractivity contribution in [2.24, 2.45) is 0 Å². The van der Waals surface area contributed by atoms with Crippen molar-refractivity contribution in [1.29, 1.82) is 0 Å². The number of thiocarbonyl (C=S) groups is 1. The maximum absolute atomic E-state index is 5.56. The smallest absolute Gasteiger partial charge is 0.0404 e. The fourth-order valence-electron chi connectivity index (χ4n) is 1.02. The Kier molecular flexibility index (Phi) is 13.5. The first-order chi connectivity index (χ1) is 8.15. The second kappa shape index (κ2) is 12.7. The van der Waals surface area contributed by atoms with Crippen molar-refractivity contribution in [2.45, 2.75) is 27.7 Å². The van der Waals surface area contributed by atoms with Gasteiger partial charge >= 0.3 is 0 Å². The summed E-state index contributed by atoms with van der Waals surface area (Å²) >= 11 is 4.27. The molecule has 1 aromatic carbocycles. The van der Waals surface area contributed by atoms with Gasteiger partial charge in [0.2, 0.25) is 0 Å². The molecule has 0 amide bonds. The van der Waals surface area contributed by atoms with Crippen molar-refractivity contribution in [2.75, 3.05) is 17.7 Å². The molecule has 0 radical (unpaired) electrons. The van der Waals surface area contributed by atoms with E-state index >= 15 is 0 Å². The molecule has 0 atom stereocenters. The zero-order chi connectivity index (χ0) is 13.7. The molecule has 0 aliphatic heterocycles. The van der Waals surface area contributed by atoms with Crippen LogP contribution in [0.1, 0.15) is 27.7 Å². The fraction of sp³-hybridized carbons (Fsp3) is 0.357. The fourth-order valence-corrected chi connectivity index (χ4v) is 1.02. The molecule has 17 heavy (non-hydrogen) atoms. The Labute approximate surface area is 111 Å². The summed E-state index contributed by atoms with van der Waals surface area (Å²) in [6, 6.07) is 7.79. The molecule has 1 aromatic rings. The molecule has 96 valence electrons. The number of anilines is 2. The first-order valence-corrected chi connectivity index (χ1v) is 6.23. The average molecular weight is 252 g/mol. The summed E-state index contributed by atoms with van der Waals surface area (Å²) in [5.41, 5.74) is 7.50. The minimum atomic E-state index is 0.799. The lowest BCUT2D eigenvalue weighted by molar-refractivity contribution is 1.20. The highest BCUT2D eigenvalue weighted by atomic mass is 32.1. The van der Waals surface area contributed by atoms with E-state index < -0.39 is 0 Å². The van der Waals surface area contributed by atoms with Crippen LogP contribution in [0.15, 0.2) is 36.5 Å². The van der Waals surface area contributed by atoms with Crippen LogP contribution >= 0.6 is 12.2 Å². The molecule has 1 rings (SSSR count). The van der Waals surface area contributed by atoms with Gasteiger partial charge in [-0.3, -0.25) is 0 Å².